The number of carbonyl (C=O) groups is 11. The number of ether oxygens (including phenoxy) is 5. The number of hydrogen-bond donors (Lipinski definition) is 4. The highest BCUT2D eigenvalue weighted by atomic mass is 16.6. The quantitative estimate of drug-likeness (QED) is 0.0407. The van der Waals surface area contributed by atoms with Crippen molar-refractivity contribution in [2.24, 2.45) is 11.8 Å². The third kappa shape index (κ3) is 25.6. The number of β-amino-alcohol motifs (C(OH)–C–C–N with tert-alkyl or cyclic N) is 1. The third-order valence-corrected chi connectivity index (χ3v) is 11.6. The molecule has 2 fully saturated rings. The van der Waals surface area contributed by atoms with Crippen molar-refractivity contribution in [2.45, 2.75) is 85.7 Å². The Balaban J connectivity index is 0.000000310. The SMILES string of the molecule is CC(=O)[C@@H]1CN(C(=O)CNC(=O)OCc2ccccc2)C[C@@H]1O.CCOC(=O)C1CN(C(=O)CNC(=O)OCc2ccccc2)CC1=O.CCOC(=O)CCN(CC(C)=O)C(=O)CCCCCNC(=O)OCc1ccccc1. The first-order valence-electron chi connectivity index (χ1n) is 25.6. The zero-order valence-electron chi connectivity index (χ0n) is 44.6. The molecule has 0 aliphatic carbocycles. The van der Waals surface area contributed by atoms with Crippen LogP contribution in [0.1, 0.15) is 76.5 Å². The van der Waals surface area contributed by atoms with Crippen LogP contribution in [0, 0.1) is 11.8 Å². The predicted molar refractivity (Wildman–Crippen MR) is 279 cm³/mol. The summed E-state index contributed by atoms with van der Waals surface area (Å²) >= 11 is 0. The minimum Gasteiger partial charge on any atom is -0.466 e. The van der Waals surface area contributed by atoms with Crippen LogP contribution in [-0.2, 0) is 81.9 Å². The lowest BCUT2D eigenvalue weighted by Gasteiger charge is -2.21. The number of likely N-dealkylation sites (tertiary alicyclic amines) is 2. The number of ketones is 3. The van der Waals surface area contributed by atoms with Gasteiger partial charge in [0.05, 0.1) is 44.7 Å². The largest absolute Gasteiger partial charge is 0.466 e. The number of rotatable bonds is 25. The Kier molecular flexibility index (Phi) is 29.5. The van der Waals surface area contributed by atoms with Crippen LogP contribution in [0.4, 0.5) is 14.4 Å². The van der Waals surface area contributed by atoms with E-state index in [0.717, 1.165) is 23.1 Å². The molecule has 78 heavy (non-hydrogen) atoms. The van der Waals surface area contributed by atoms with Crippen LogP contribution < -0.4 is 16.0 Å². The zero-order valence-corrected chi connectivity index (χ0v) is 44.6. The van der Waals surface area contributed by atoms with Gasteiger partial charge in [-0.05, 0) is 57.2 Å². The van der Waals surface area contributed by atoms with E-state index in [1.54, 1.807) is 13.8 Å². The number of aliphatic hydroxyl groups is 1. The second kappa shape index (κ2) is 35.9. The fourth-order valence-corrected chi connectivity index (χ4v) is 7.50. The van der Waals surface area contributed by atoms with E-state index in [9.17, 15) is 57.8 Å². The summed E-state index contributed by atoms with van der Waals surface area (Å²) in [7, 11) is 0. The standard InChI is InChI=1S/C22H32N2O6.C17H20N2O6.C16H20N2O5/c1-3-29-21(27)13-15-24(16-18(2)25)20(26)12-8-5-9-14-23-22(28)30-17-19-10-6-4-7-11-19;1-2-24-16(22)13-9-19(10-14(13)20)15(21)8-18-17(23)25-11-12-6-4-3-5-7-12;1-11(19)13-8-18(9-14(13)20)15(21)7-17-16(22)23-10-12-5-3-2-4-6-12/h4,6-7,10-11H,3,5,8-9,12-17H2,1-2H3,(H,23,28);3-7,13H,2,8-11H2,1H3,(H,18,23);2-6,13-14,20H,7-10H2,1H3,(H,17,22)/t;;13-,14-/m..0/s1. The lowest BCUT2D eigenvalue weighted by Crippen LogP contribution is -2.39. The van der Waals surface area contributed by atoms with E-state index in [2.05, 4.69) is 16.0 Å². The maximum Gasteiger partial charge on any atom is 0.407 e. The number of carbonyl (C=O) groups excluding carboxylic acids is 11. The highest BCUT2D eigenvalue weighted by Gasteiger charge is 2.39. The van der Waals surface area contributed by atoms with Gasteiger partial charge in [0.1, 0.15) is 50.4 Å². The van der Waals surface area contributed by atoms with Gasteiger partial charge in [0.15, 0.2) is 5.78 Å². The topological polar surface area (TPSA) is 300 Å². The summed E-state index contributed by atoms with van der Waals surface area (Å²) in [5.74, 6) is -4.14. The van der Waals surface area contributed by atoms with E-state index < -0.39 is 48.1 Å². The minimum atomic E-state index is -0.950. The van der Waals surface area contributed by atoms with Gasteiger partial charge in [-0.25, -0.2) is 14.4 Å². The summed E-state index contributed by atoms with van der Waals surface area (Å²) in [5, 5.41) is 17.1. The van der Waals surface area contributed by atoms with E-state index in [-0.39, 0.29) is 133 Å². The van der Waals surface area contributed by atoms with Crippen LogP contribution in [0.5, 0.6) is 0 Å². The van der Waals surface area contributed by atoms with Gasteiger partial charge in [0.25, 0.3) is 0 Å². The third-order valence-electron chi connectivity index (χ3n) is 11.6. The molecule has 424 valence electrons. The number of alkyl carbamates (subject to hydrolysis) is 3. The average Bonchev–Trinajstić information content (AvgIpc) is 4.03. The van der Waals surface area contributed by atoms with E-state index >= 15 is 0 Å². The first-order valence-corrected chi connectivity index (χ1v) is 25.6. The molecule has 4 N–H and O–H groups in total. The van der Waals surface area contributed by atoms with Crippen molar-refractivity contribution in [1.29, 1.82) is 0 Å². The van der Waals surface area contributed by atoms with Crippen molar-refractivity contribution in [3.8, 4) is 0 Å². The predicted octanol–water partition coefficient (Wildman–Crippen LogP) is 3.67. The number of amides is 6. The molecule has 2 aliphatic rings. The normalized spacial score (nSPS) is 15.1. The Morgan fingerprint density at radius 3 is 1.54 bits per heavy atom. The number of nitrogens with zero attached hydrogens (tertiary/aromatic N) is 3. The van der Waals surface area contributed by atoms with Gasteiger partial charge in [-0.1, -0.05) is 97.4 Å². The van der Waals surface area contributed by atoms with E-state index in [4.69, 9.17) is 23.7 Å². The number of esters is 2. The molecule has 2 heterocycles. The smallest absolute Gasteiger partial charge is 0.407 e. The molecule has 0 aromatic heterocycles. The Bertz CT molecular complexity index is 2430. The molecule has 3 atom stereocenters. The Labute approximate surface area is 453 Å². The molecule has 2 aliphatic heterocycles. The fraction of sp³-hybridized carbons (Fsp3) is 0.473. The van der Waals surface area contributed by atoms with E-state index in [0.29, 0.717) is 19.4 Å². The number of unbranched alkanes of at least 4 members (excludes halogenated alkanes) is 2. The van der Waals surface area contributed by atoms with Crippen LogP contribution in [0.3, 0.4) is 0 Å². The summed E-state index contributed by atoms with van der Waals surface area (Å²) in [6.45, 7) is 7.22. The van der Waals surface area contributed by atoms with Crippen LogP contribution in [0.25, 0.3) is 0 Å². The monoisotopic (exact) mass is 1090 g/mol. The number of nitrogens with one attached hydrogen (secondary N) is 3. The second-order valence-corrected chi connectivity index (χ2v) is 17.8. The van der Waals surface area contributed by atoms with Crippen LogP contribution in [0.15, 0.2) is 91.0 Å². The summed E-state index contributed by atoms with van der Waals surface area (Å²) < 4.78 is 24.8. The van der Waals surface area contributed by atoms with E-state index in [1.807, 2.05) is 91.0 Å². The molecule has 3 aromatic carbocycles. The summed E-state index contributed by atoms with van der Waals surface area (Å²) in [6.07, 6.45) is -0.290. The van der Waals surface area contributed by atoms with Crippen LogP contribution in [0.2, 0.25) is 0 Å². The van der Waals surface area contributed by atoms with Crippen molar-refractivity contribution in [3.63, 3.8) is 0 Å². The molecule has 6 amide bonds. The molecule has 0 radical (unpaired) electrons. The van der Waals surface area contributed by atoms with Gasteiger partial charge >= 0.3 is 30.2 Å². The highest BCUT2D eigenvalue weighted by molar-refractivity contribution is 6.04. The van der Waals surface area contributed by atoms with E-state index in [1.165, 1.54) is 28.5 Å². The van der Waals surface area contributed by atoms with Crippen LogP contribution >= 0.6 is 0 Å². The van der Waals surface area contributed by atoms with Gasteiger partial charge in [-0.15, -0.1) is 0 Å². The average molecular weight is 1090 g/mol. The summed E-state index contributed by atoms with van der Waals surface area (Å²) in [4.78, 5) is 133. The highest BCUT2D eigenvalue weighted by Crippen LogP contribution is 2.18. The Morgan fingerprint density at radius 1 is 0.590 bits per heavy atom. The summed E-state index contributed by atoms with van der Waals surface area (Å²) in [6, 6.07) is 27.7. The Hall–Kier alpha value is -8.21. The lowest BCUT2D eigenvalue weighted by atomic mass is 10.0. The minimum absolute atomic E-state index is 0.00690. The second-order valence-electron chi connectivity index (χ2n) is 17.8. The molecule has 0 spiro atoms. The number of benzene rings is 3. The van der Waals surface area contributed by atoms with Crippen molar-refractivity contribution >= 4 is 65.3 Å². The Morgan fingerprint density at radius 2 is 1.08 bits per heavy atom. The van der Waals surface area contributed by atoms with Crippen LogP contribution in [-0.4, -0.2) is 163 Å². The van der Waals surface area contributed by atoms with Crippen molar-refractivity contribution in [1.82, 2.24) is 30.7 Å². The number of aliphatic hydroxyl groups excluding tert-OH is 1. The van der Waals surface area contributed by atoms with Gasteiger partial charge in [-0.2, -0.15) is 0 Å². The maximum absolute atomic E-state index is 12.3. The molecular weight excluding hydrogens is 1020 g/mol. The molecule has 0 bridgehead atoms. The first kappa shape index (κ1) is 64.1. The molecule has 3 aromatic rings. The molecule has 23 nitrogen and oxygen atoms in total. The van der Waals surface area contributed by atoms with Crippen molar-refractivity contribution in [2.75, 3.05) is 72.1 Å². The molecule has 0 saturated carbocycles. The summed E-state index contributed by atoms with van der Waals surface area (Å²) in [5.41, 5.74) is 2.59. The van der Waals surface area contributed by atoms with Crippen molar-refractivity contribution in [3.05, 3.63) is 108 Å². The molecule has 2 saturated heterocycles. The van der Waals surface area contributed by atoms with Crippen molar-refractivity contribution < 1.29 is 81.5 Å². The molecule has 1 unspecified atom stereocenters. The van der Waals surface area contributed by atoms with Gasteiger partial charge in [0.2, 0.25) is 17.7 Å². The molecule has 5 rings (SSSR count). The van der Waals surface area contributed by atoms with Gasteiger partial charge in [-0.3, -0.25) is 38.4 Å². The lowest BCUT2D eigenvalue weighted by molar-refractivity contribution is -0.150. The first-order chi connectivity index (χ1) is 37.4. The van der Waals surface area contributed by atoms with Gasteiger partial charge < -0.3 is 59.4 Å². The molecule has 23 heteroatoms. The zero-order chi connectivity index (χ0) is 57.2. The number of Topliss-reactive ketones (excluding diaryl/α,β-unsaturated/α-hetero) is 3. The number of hydrogen-bond acceptors (Lipinski definition) is 17. The molecular formula is C55H72N6O17. The fourth-order valence-electron chi connectivity index (χ4n) is 7.50. The van der Waals surface area contributed by atoms with Gasteiger partial charge in [0, 0.05) is 39.1 Å². The maximum atomic E-state index is 12.3.